The molecule has 27 heavy (non-hydrogen) atoms. The molecule has 2 N–H and O–H groups in total. The quantitative estimate of drug-likeness (QED) is 0.381. The molecule has 0 aliphatic carbocycles. The molecule has 1 aliphatic rings. The number of aryl methyl sites for hydroxylation is 1. The molecule has 148 valence electrons. The monoisotopic (exact) mass is 485 g/mol. The van der Waals surface area contributed by atoms with Gasteiger partial charge in [-0.25, -0.2) is 0 Å². The summed E-state index contributed by atoms with van der Waals surface area (Å²) in [5.74, 6) is 4.27. The molecule has 6 nitrogen and oxygen atoms in total. The number of hydrogen-bond donors (Lipinski definition) is 2. The zero-order valence-electron chi connectivity index (χ0n) is 16.5. The number of nitrogens with zero attached hydrogens (tertiary/aromatic N) is 1. The minimum Gasteiger partial charge on any atom is -0.496 e. The number of furan rings is 1. The second-order valence-electron chi connectivity index (χ2n) is 6.64. The molecule has 0 fully saturated rings. The van der Waals surface area contributed by atoms with Crippen molar-refractivity contribution in [2.24, 2.45) is 4.99 Å². The molecule has 2 aromatic rings. The van der Waals surface area contributed by atoms with Crippen LogP contribution in [-0.2, 0) is 13.0 Å². The highest BCUT2D eigenvalue weighted by molar-refractivity contribution is 14.0. The summed E-state index contributed by atoms with van der Waals surface area (Å²) in [6.07, 6.45) is 1.13. The number of benzene rings is 1. The molecule has 2 heterocycles. The first-order chi connectivity index (χ1) is 12.5. The van der Waals surface area contributed by atoms with Gasteiger partial charge in [0.25, 0.3) is 0 Å². The van der Waals surface area contributed by atoms with E-state index in [2.05, 4.69) is 34.7 Å². The standard InChI is InChI=1S/C20H27N3O3.HI/c1-12-6-7-17(25-12)14(3)23-20(21-4)22-11-16-10-19-15(8-13(2)26-19)9-18(16)24-5;/h6-7,9-10,13-14H,8,11H2,1-5H3,(H2,21,22,23);1H. The van der Waals surface area contributed by atoms with E-state index in [0.29, 0.717) is 12.5 Å². The fourth-order valence-electron chi connectivity index (χ4n) is 3.15. The number of fused-ring (bicyclic) bond motifs is 1. The number of ether oxygens (including phenoxy) is 2. The van der Waals surface area contributed by atoms with Gasteiger partial charge in [0, 0.05) is 31.1 Å². The third-order valence-corrected chi connectivity index (χ3v) is 4.51. The molecule has 2 unspecified atom stereocenters. The van der Waals surface area contributed by atoms with Crippen LogP contribution in [0.25, 0.3) is 0 Å². The van der Waals surface area contributed by atoms with Gasteiger partial charge >= 0.3 is 0 Å². The van der Waals surface area contributed by atoms with E-state index >= 15 is 0 Å². The smallest absolute Gasteiger partial charge is 0.191 e. The number of methoxy groups -OCH3 is 1. The van der Waals surface area contributed by atoms with E-state index in [0.717, 1.165) is 35.0 Å². The zero-order chi connectivity index (χ0) is 18.7. The molecule has 7 heteroatoms. The van der Waals surface area contributed by atoms with Crippen LogP contribution >= 0.6 is 24.0 Å². The molecule has 0 spiro atoms. The third kappa shape index (κ3) is 5.09. The molecule has 0 amide bonds. The maximum Gasteiger partial charge on any atom is 0.191 e. The average Bonchev–Trinajstić information content (AvgIpc) is 3.21. The van der Waals surface area contributed by atoms with Gasteiger partial charge in [0.2, 0.25) is 0 Å². The molecule has 0 bridgehead atoms. The van der Waals surface area contributed by atoms with Crippen molar-refractivity contribution in [3.8, 4) is 11.5 Å². The largest absolute Gasteiger partial charge is 0.496 e. The van der Waals surface area contributed by atoms with Crippen LogP contribution in [0.4, 0.5) is 0 Å². The summed E-state index contributed by atoms with van der Waals surface area (Å²) in [5.41, 5.74) is 2.23. The van der Waals surface area contributed by atoms with Gasteiger partial charge in [-0.2, -0.15) is 0 Å². The lowest BCUT2D eigenvalue weighted by molar-refractivity contribution is 0.254. The molecule has 1 aliphatic heterocycles. The Morgan fingerprint density at radius 3 is 2.78 bits per heavy atom. The van der Waals surface area contributed by atoms with E-state index in [9.17, 15) is 0 Å². The van der Waals surface area contributed by atoms with Gasteiger partial charge in [-0.05, 0) is 45.0 Å². The lowest BCUT2D eigenvalue weighted by Gasteiger charge is -2.17. The summed E-state index contributed by atoms with van der Waals surface area (Å²) in [4.78, 5) is 4.30. The van der Waals surface area contributed by atoms with Gasteiger partial charge in [0.05, 0.1) is 13.2 Å². The van der Waals surface area contributed by atoms with E-state index < -0.39 is 0 Å². The maximum atomic E-state index is 5.86. The number of halogens is 1. The van der Waals surface area contributed by atoms with Crippen molar-refractivity contribution in [2.45, 2.75) is 45.9 Å². The van der Waals surface area contributed by atoms with Crippen molar-refractivity contribution in [3.05, 3.63) is 46.9 Å². The molecule has 1 aromatic heterocycles. The molecular weight excluding hydrogens is 457 g/mol. The summed E-state index contributed by atoms with van der Waals surface area (Å²) in [7, 11) is 3.44. The predicted octanol–water partition coefficient (Wildman–Crippen LogP) is 3.96. The molecule has 3 rings (SSSR count). The first-order valence-electron chi connectivity index (χ1n) is 8.90. The highest BCUT2D eigenvalue weighted by Gasteiger charge is 2.22. The first-order valence-corrected chi connectivity index (χ1v) is 8.90. The van der Waals surface area contributed by atoms with Crippen LogP contribution in [0.1, 0.15) is 42.5 Å². The van der Waals surface area contributed by atoms with Crippen LogP contribution in [0.15, 0.2) is 33.7 Å². The number of guanidine groups is 1. The second-order valence-corrected chi connectivity index (χ2v) is 6.64. The van der Waals surface area contributed by atoms with Gasteiger partial charge in [0.15, 0.2) is 5.96 Å². The van der Waals surface area contributed by atoms with E-state index in [1.807, 2.05) is 26.0 Å². The maximum absolute atomic E-state index is 5.86. The summed E-state index contributed by atoms with van der Waals surface area (Å²) in [6.45, 7) is 6.63. The molecular formula is C20H28IN3O3. The van der Waals surface area contributed by atoms with Gasteiger partial charge in [-0.15, -0.1) is 24.0 Å². The van der Waals surface area contributed by atoms with E-state index in [4.69, 9.17) is 13.9 Å². The minimum atomic E-state index is 0. The van der Waals surface area contributed by atoms with Crippen molar-refractivity contribution >= 4 is 29.9 Å². The van der Waals surface area contributed by atoms with Crippen LogP contribution in [0.5, 0.6) is 11.5 Å². The van der Waals surface area contributed by atoms with Crippen LogP contribution < -0.4 is 20.1 Å². The Morgan fingerprint density at radius 2 is 2.15 bits per heavy atom. The Labute approximate surface area is 177 Å². The third-order valence-electron chi connectivity index (χ3n) is 4.51. The summed E-state index contributed by atoms with van der Waals surface area (Å²) in [5, 5.41) is 6.67. The fourth-order valence-corrected chi connectivity index (χ4v) is 3.15. The van der Waals surface area contributed by atoms with E-state index in [1.54, 1.807) is 14.2 Å². The molecule has 0 radical (unpaired) electrons. The van der Waals surface area contributed by atoms with Crippen LogP contribution in [0.2, 0.25) is 0 Å². The van der Waals surface area contributed by atoms with Gasteiger partial charge in [0.1, 0.15) is 29.1 Å². The van der Waals surface area contributed by atoms with E-state index in [-0.39, 0.29) is 36.1 Å². The predicted molar refractivity (Wildman–Crippen MR) is 117 cm³/mol. The van der Waals surface area contributed by atoms with Gasteiger partial charge < -0.3 is 24.5 Å². The summed E-state index contributed by atoms with van der Waals surface area (Å²) >= 11 is 0. The number of nitrogens with one attached hydrogen (secondary N) is 2. The summed E-state index contributed by atoms with van der Waals surface area (Å²) < 4.78 is 17.1. The molecule has 0 saturated heterocycles. The lowest BCUT2D eigenvalue weighted by atomic mass is 10.1. The Kier molecular flexibility index (Phi) is 7.41. The Balaban J connectivity index is 0.00000261. The Morgan fingerprint density at radius 1 is 1.37 bits per heavy atom. The van der Waals surface area contributed by atoms with Crippen LogP contribution in [0.3, 0.4) is 0 Å². The average molecular weight is 485 g/mol. The van der Waals surface area contributed by atoms with Crippen molar-refractivity contribution in [2.75, 3.05) is 14.2 Å². The SMILES string of the molecule is CN=C(NCc1cc2c(cc1OC)CC(C)O2)NC(C)c1ccc(C)o1.I. The van der Waals surface area contributed by atoms with Crippen molar-refractivity contribution in [1.82, 2.24) is 10.6 Å². The second kappa shape index (κ2) is 9.34. The number of hydrogen-bond acceptors (Lipinski definition) is 4. The fraction of sp³-hybridized carbons (Fsp3) is 0.450. The lowest BCUT2D eigenvalue weighted by Crippen LogP contribution is -2.38. The minimum absolute atomic E-state index is 0. The highest BCUT2D eigenvalue weighted by atomic mass is 127. The van der Waals surface area contributed by atoms with Gasteiger partial charge in [-0.3, -0.25) is 4.99 Å². The van der Waals surface area contributed by atoms with Crippen LogP contribution in [0, 0.1) is 6.92 Å². The van der Waals surface area contributed by atoms with E-state index in [1.165, 1.54) is 5.56 Å². The highest BCUT2D eigenvalue weighted by Crippen LogP contribution is 2.34. The first kappa shape index (κ1) is 21.4. The molecule has 2 atom stereocenters. The molecule has 1 aromatic carbocycles. The Bertz CT molecular complexity index is 804. The molecule has 0 saturated carbocycles. The Hall–Kier alpha value is -1.90. The van der Waals surface area contributed by atoms with Crippen molar-refractivity contribution < 1.29 is 13.9 Å². The summed E-state index contributed by atoms with van der Waals surface area (Å²) in [6, 6.07) is 8.07. The van der Waals surface area contributed by atoms with Crippen molar-refractivity contribution in [3.63, 3.8) is 0 Å². The number of rotatable bonds is 5. The van der Waals surface area contributed by atoms with Crippen LogP contribution in [-0.4, -0.2) is 26.2 Å². The van der Waals surface area contributed by atoms with Gasteiger partial charge in [-0.1, -0.05) is 0 Å². The normalized spacial score (nSPS) is 16.8. The zero-order valence-corrected chi connectivity index (χ0v) is 18.8. The van der Waals surface area contributed by atoms with Crippen molar-refractivity contribution in [1.29, 1.82) is 0 Å². The topological polar surface area (TPSA) is 68.0 Å². The number of aliphatic imine (C=N–C) groups is 1.